The second-order valence-electron chi connectivity index (χ2n) is 5.44. The first-order valence-corrected chi connectivity index (χ1v) is 7.32. The molecule has 0 N–H and O–H groups in total. The fourth-order valence-electron chi connectivity index (χ4n) is 3.54. The van der Waals surface area contributed by atoms with Crippen molar-refractivity contribution in [2.24, 2.45) is 0 Å². The van der Waals surface area contributed by atoms with E-state index in [0.717, 1.165) is 25.1 Å². The zero-order valence-corrected chi connectivity index (χ0v) is 11.7. The van der Waals surface area contributed by atoms with Crippen LogP contribution in [-0.4, -0.2) is 9.55 Å². The van der Waals surface area contributed by atoms with Crippen LogP contribution in [0, 0.1) is 0 Å². The molecule has 5 heteroatoms. The summed E-state index contributed by atoms with van der Waals surface area (Å²) in [6.07, 6.45) is 4.41. The molecule has 2 aromatic rings. The molecule has 19 heavy (non-hydrogen) atoms. The fourth-order valence-corrected chi connectivity index (χ4v) is 4.10. The van der Waals surface area contributed by atoms with Crippen molar-refractivity contribution in [3.63, 3.8) is 0 Å². The van der Waals surface area contributed by atoms with Crippen LogP contribution in [0.1, 0.15) is 43.5 Å². The lowest BCUT2D eigenvalue weighted by Gasteiger charge is -2.17. The van der Waals surface area contributed by atoms with Crippen molar-refractivity contribution in [2.75, 3.05) is 0 Å². The molecule has 0 amide bonds. The number of hydrogen-bond acceptors (Lipinski definition) is 2. The summed E-state index contributed by atoms with van der Waals surface area (Å²) >= 11 is 12.2. The van der Waals surface area contributed by atoms with Gasteiger partial charge in [0.1, 0.15) is 5.82 Å². The van der Waals surface area contributed by atoms with Gasteiger partial charge in [-0.25, -0.2) is 4.98 Å². The molecule has 98 valence electrons. The third-order valence-electron chi connectivity index (χ3n) is 4.33. The smallest absolute Gasteiger partial charge is 0.263 e. The van der Waals surface area contributed by atoms with E-state index in [1.807, 2.05) is 4.57 Å². The van der Waals surface area contributed by atoms with Crippen LogP contribution in [-0.2, 0) is 0 Å². The van der Waals surface area contributed by atoms with Gasteiger partial charge < -0.3 is 0 Å². The van der Waals surface area contributed by atoms with E-state index in [0.29, 0.717) is 32.9 Å². The second kappa shape index (κ2) is 3.97. The van der Waals surface area contributed by atoms with E-state index in [1.54, 1.807) is 12.1 Å². The van der Waals surface area contributed by atoms with E-state index < -0.39 is 0 Å². The third kappa shape index (κ3) is 1.58. The number of halogens is 2. The highest BCUT2D eigenvalue weighted by Crippen LogP contribution is 2.44. The molecule has 2 aliphatic rings. The first-order chi connectivity index (χ1) is 9.15. The minimum absolute atomic E-state index is 0.00364. The molecule has 2 bridgehead atoms. The second-order valence-corrected chi connectivity index (χ2v) is 6.29. The number of nitrogens with zero attached hydrogens (tertiary/aromatic N) is 2. The monoisotopic (exact) mass is 294 g/mol. The molecule has 2 atom stereocenters. The van der Waals surface area contributed by atoms with Crippen LogP contribution in [0.2, 0.25) is 10.0 Å². The Morgan fingerprint density at radius 2 is 2.11 bits per heavy atom. The summed E-state index contributed by atoms with van der Waals surface area (Å²) in [5.41, 5.74) is 0.623. The van der Waals surface area contributed by atoms with Gasteiger partial charge in [-0.05, 0) is 31.4 Å². The minimum Gasteiger partial charge on any atom is -0.293 e. The van der Waals surface area contributed by atoms with Gasteiger partial charge in [-0.15, -0.1) is 0 Å². The zero-order chi connectivity index (χ0) is 13.1. The summed E-state index contributed by atoms with van der Waals surface area (Å²) in [5, 5.41) is 1.43. The Bertz CT molecular complexity index is 753. The molecule has 1 aromatic carbocycles. The van der Waals surface area contributed by atoms with Crippen LogP contribution in [0.15, 0.2) is 16.9 Å². The van der Waals surface area contributed by atoms with E-state index in [-0.39, 0.29) is 5.56 Å². The normalized spacial score (nSPS) is 24.7. The first kappa shape index (κ1) is 11.7. The molecule has 2 unspecified atom stereocenters. The summed E-state index contributed by atoms with van der Waals surface area (Å²) < 4.78 is 1.87. The number of aromatic nitrogens is 2. The third-order valence-corrected chi connectivity index (χ3v) is 4.84. The Hall–Kier alpha value is -1.06. The Kier molecular flexibility index (Phi) is 2.45. The SMILES string of the molecule is O=c1c2c(Cl)cc(Cl)cc2nc2n1C1CCCC2C1. The van der Waals surface area contributed by atoms with Gasteiger partial charge in [-0.2, -0.15) is 0 Å². The molecular weight excluding hydrogens is 283 g/mol. The number of hydrogen-bond donors (Lipinski definition) is 0. The predicted molar refractivity (Wildman–Crippen MR) is 76.3 cm³/mol. The maximum atomic E-state index is 12.7. The maximum absolute atomic E-state index is 12.7. The van der Waals surface area contributed by atoms with Crippen LogP contribution in [0.3, 0.4) is 0 Å². The highest BCUT2D eigenvalue weighted by molar-refractivity contribution is 6.38. The first-order valence-electron chi connectivity index (χ1n) is 6.56. The van der Waals surface area contributed by atoms with Crippen LogP contribution in [0.25, 0.3) is 10.9 Å². The van der Waals surface area contributed by atoms with Gasteiger partial charge in [0.25, 0.3) is 5.56 Å². The lowest BCUT2D eigenvalue weighted by molar-refractivity contribution is 0.385. The molecule has 0 saturated heterocycles. The molecule has 1 fully saturated rings. The van der Waals surface area contributed by atoms with Gasteiger partial charge in [-0.1, -0.05) is 29.6 Å². The largest absolute Gasteiger partial charge is 0.293 e. The Morgan fingerprint density at radius 1 is 1.26 bits per heavy atom. The van der Waals surface area contributed by atoms with Crippen LogP contribution in [0.5, 0.6) is 0 Å². The molecule has 4 rings (SSSR count). The quantitative estimate of drug-likeness (QED) is 0.738. The lowest BCUT2D eigenvalue weighted by Crippen LogP contribution is -2.24. The summed E-state index contributed by atoms with van der Waals surface area (Å²) in [7, 11) is 0. The average molecular weight is 295 g/mol. The van der Waals surface area contributed by atoms with Crippen LogP contribution >= 0.6 is 23.2 Å². The Balaban J connectivity index is 2.13. The van der Waals surface area contributed by atoms with Gasteiger partial charge in [0.2, 0.25) is 0 Å². The van der Waals surface area contributed by atoms with E-state index >= 15 is 0 Å². The fraction of sp³-hybridized carbons (Fsp3) is 0.429. The summed E-state index contributed by atoms with van der Waals surface area (Å²) in [6.45, 7) is 0. The Labute approximate surface area is 120 Å². The molecule has 2 heterocycles. The summed E-state index contributed by atoms with van der Waals surface area (Å²) in [4.78, 5) is 17.4. The van der Waals surface area contributed by atoms with Crippen molar-refractivity contribution in [3.05, 3.63) is 38.4 Å². The van der Waals surface area contributed by atoms with E-state index in [9.17, 15) is 4.79 Å². The standard InChI is InChI=1S/C14H12Cl2N2O/c15-8-5-10(16)12-11(6-8)17-13-7-2-1-3-9(4-7)18(13)14(12)19/h5-7,9H,1-4H2. The molecular formula is C14H12Cl2N2O. The van der Waals surface area contributed by atoms with Gasteiger partial charge in [-0.3, -0.25) is 9.36 Å². The molecule has 0 radical (unpaired) electrons. The topological polar surface area (TPSA) is 34.9 Å². The molecule has 1 aromatic heterocycles. The average Bonchev–Trinajstić information content (AvgIpc) is 2.60. The minimum atomic E-state index is -0.00364. The molecule has 1 aliphatic carbocycles. The van der Waals surface area contributed by atoms with Crippen molar-refractivity contribution in [3.8, 4) is 0 Å². The van der Waals surface area contributed by atoms with Gasteiger partial charge in [0.15, 0.2) is 0 Å². The summed E-state index contributed by atoms with van der Waals surface area (Å²) in [5.74, 6) is 1.35. The maximum Gasteiger partial charge on any atom is 0.263 e. The van der Waals surface area contributed by atoms with Crippen LogP contribution in [0.4, 0.5) is 0 Å². The van der Waals surface area contributed by atoms with Crippen molar-refractivity contribution in [1.82, 2.24) is 9.55 Å². The van der Waals surface area contributed by atoms with E-state index in [4.69, 9.17) is 23.2 Å². The Morgan fingerprint density at radius 3 is 2.95 bits per heavy atom. The molecule has 1 saturated carbocycles. The predicted octanol–water partition coefficient (Wildman–Crippen LogP) is 3.92. The summed E-state index contributed by atoms with van der Waals surface area (Å²) in [6, 6.07) is 3.65. The van der Waals surface area contributed by atoms with Crippen molar-refractivity contribution in [1.29, 1.82) is 0 Å². The van der Waals surface area contributed by atoms with E-state index in [1.165, 1.54) is 6.42 Å². The number of benzene rings is 1. The van der Waals surface area contributed by atoms with Gasteiger partial charge in [0, 0.05) is 17.0 Å². The lowest BCUT2D eigenvalue weighted by atomic mass is 9.89. The van der Waals surface area contributed by atoms with E-state index in [2.05, 4.69) is 4.98 Å². The van der Waals surface area contributed by atoms with Crippen molar-refractivity contribution in [2.45, 2.75) is 37.6 Å². The zero-order valence-electron chi connectivity index (χ0n) is 10.2. The number of rotatable bonds is 0. The molecule has 0 spiro atoms. The van der Waals surface area contributed by atoms with Crippen molar-refractivity contribution >= 4 is 34.1 Å². The molecule has 3 nitrogen and oxygen atoms in total. The van der Waals surface area contributed by atoms with Gasteiger partial charge in [0.05, 0.1) is 15.9 Å². The number of fused-ring (bicyclic) bond motifs is 6. The van der Waals surface area contributed by atoms with Gasteiger partial charge >= 0.3 is 0 Å². The highest BCUT2D eigenvalue weighted by Gasteiger charge is 2.36. The van der Waals surface area contributed by atoms with Crippen LogP contribution < -0.4 is 5.56 Å². The highest BCUT2D eigenvalue weighted by atomic mass is 35.5. The van der Waals surface area contributed by atoms with Crippen molar-refractivity contribution < 1.29 is 0 Å². The molecule has 1 aliphatic heterocycles.